The second kappa shape index (κ2) is 9.80. The number of benzene rings is 3. The number of hydrogen-bond acceptors (Lipinski definition) is 4. The van der Waals surface area contributed by atoms with E-state index in [0.29, 0.717) is 19.3 Å². The van der Waals surface area contributed by atoms with Crippen LogP contribution in [0.5, 0.6) is 0 Å². The SMILES string of the molecule is O=C(CCCCC(NS(=O)(=O)c1ccc(F)cc1)c1ccc2ccccc2c1)NO. The molecule has 3 aromatic rings. The van der Waals surface area contributed by atoms with Gasteiger partial charge in [-0.3, -0.25) is 10.0 Å². The quantitative estimate of drug-likeness (QED) is 0.271. The van der Waals surface area contributed by atoms with Gasteiger partial charge in [-0.1, -0.05) is 42.8 Å². The van der Waals surface area contributed by atoms with Crippen molar-refractivity contribution in [1.29, 1.82) is 0 Å². The van der Waals surface area contributed by atoms with Crippen molar-refractivity contribution in [3.63, 3.8) is 0 Å². The van der Waals surface area contributed by atoms with E-state index in [1.54, 1.807) is 5.48 Å². The van der Waals surface area contributed by atoms with Gasteiger partial charge in [0.15, 0.2) is 0 Å². The van der Waals surface area contributed by atoms with Crippen LogP contribution in [0.3, 0.4) is 0 Å². The first-order valence-electron chi connectivity index (χ1n) is 9.58. The third-order valence-corrected chi connectivity index (χ3v) is 6.36. The van der Waals surface area contributed by atoms with Gasteiger partial charge >= 0.3 is 0 Å². The topological polar surface area (TPSA) is 95.5 Å². The molecule has 3 aromatic carbocycles. The molecule has 0 aliphatic heterocycles. The Morgan fingerprint density at radius 2 is 1.67 bits per heavy atom. The Morgan fingerprint density at radius 1 is 0.967 bits per heavy atom. The van der Waals surface area contributed by atoms with E-state index in [-0.39, 0.29) is 11.3 Å². The summed E-state index contributed by atoms with van der Waals surface area (Å²) in [5.41, 5.74) is 2.39. The van der Waals surface area contributed by atoms with E-state index in [4.69, 9.17) is 5.21 Å². The zero-order valence-corrected chi connectivity index (χ0v) is 17.0. The van der Waals surface area contributed by atoms with Crippen molar-refractivity contribution < 1.29 is 22.8 Å². The number of sulfonamides is 1. The fourth-order valence-corrected chi connectivity index (χ4v) is 4.54. The van der Waals surface area contributed by atoms with Gasteiger partial charge in [0.25, 0.3) is 0 Å². The molecule has 6 nitrogen and oxygen atoms in total. The molecule has 3 rings (SSSR count). The third kappa shape index (κ3) is 5.63. The summed E-state index contributed by atoms with van der Waals surface area (Å²) in [5, 5.41) is 10.6. The number of fused-ring (bicyclic) bond motifs is 1. The van der Waals surface area contributed by atoms with Crippen LogP contribution in [-0.4, -0.2) is 19.5 Å². The summed E-state index contributed by atoms with van der Waals surface area (Å²) < 4.78 is 41.6. The summed E-state index contributed by atoms with van der Waals surface area (Å²) in [7, 11) is -3.87. The fraction of sp³-hybridized carbons (Fsp3) is 0.227. The highest BCUT2D eigenvalue weighted by Gasteiger charge is 2.22. The number of carbonyl (C=O) groups is 1. The van der Waals surface area contributed by atoms with Crippen LogP contribution in [0, 0.1) is 5.82 Å². The molecular weight excluding hydrogens is 407 g/mol. The molecular formula is C22H23FN2O4S. The summed E-state index contributed by atoms with van der Waals surface area (Å²) in [4.78, 5) is 11.2. The van der Waals surface area contributed by atoms with Crippen molar-refractivity contribution in [3.05, 3.63) is 78.1 Å². The van der Waals surface area contributed by atoms with E-state index in [1.807, 2.05) is 42.5 Å². The number of hydrogen-bond donors (Lipinski definition) is 3. The molecule has 0 radical (unpaired) electrons. The van der Waals surface area contributed by atoms with Gasteiger partial charge in [0, 0.05) is 12.5 Å². The zero-order valence-electron chi connectivity index (χ0n) is 16.2. The molecule has 1 unspecified atom stereocenters. The molecule has 1 amide bonds. The van der Waals surface area contributed by atoms with Crippen molar-refractivity contribution in [2.75, 3.05) is 0 Å². The molecule has 0 saturated heterocycles. The molecule has 0 spiro atoms. The number of amides is 1. The number of hydroxylamine groups is 1. The van der Waals surface area contributed by atoms with Crippen molar-refractivity contribution in [1.82, 2.24) is 10.2 Å². The maximum Gasteiger partial charge on any atom is 0.243 e. The molecule has 8 heteroatoms. The van der Waals surface area contributed by atoms with Gasteiger partial charge in [0.2, 0.25) is 15.9 Å². The Morgan fingerprint density at radius 3 is 2.37 bits per heavy atom. The summed E-state index contributed by atoms with van der Waals surface area (Å²) in [6, 6.07) is 17.7. The van der Waals surface area contributed by atoms with Gasteiger partial charge in [-0.05, 0) is 59.5 Å². The number of rotatable bonds is 9. The Balaban J connectivity index is 1.84. The summed E-state index contributed by atoms with van der Waals surface area (Å²) >= 11 is 0. The second-order valence-corrected chi connectivity index (χ2v) is 8.73. The number of nitrogens with one attached hydrogen (secondary N) is 2. The van der Waals surface area contributed by atoms with Gasteiger partial charge in [0.05, 0.1) is 4.90 Å². The Bertz CT molecular complexity index is 1120. The monoisotopic (exact) mass is 430 g/mol. The van der Waals surface area contributed by atoms with Crippen molar-refractivity contribution >= 4 is 26.7 Å². The predicted molar refractivity (Wildman–Crippen MR) is 112 cm³/mol. The van der Waals surface area contributed by atoms with Crippen LogP contribution in [0.2, 0.25) is 0 Å². The lowest BCUT2D eigenvalue weighted by Gasteiger charge is -2.20. The summed E-state index contributed by atoms with van der Waals surface area (Å²) in [6.07, 6.45) is 1.66. The highest BCUT2D eigenvalue weighted by Crippen LogP contribution is 2.26. The first-order chi connectivity index (χ1) is 14.4. The highest BCUT2D eigenvalue weighted by atomic mass is 32.2. The van der Waals surface area contributed by atoms with Crippen LogP contribution in [0.4, 0.5) is 4.39 Å². The molecule has 0 aliphatic rings. The maximum atomic E-state index is 13.2. The van der Waals surface area contributed by atoms with E-state index in [1.165, 1.54) is 12.1 Å². The fourth-order valence-electron chi connectivity index (χ4n) is 3.28. The van der Waals surface area contributed by atoms with E-state index >= 15 is 0 Å². The number of halogens is 1. The minimum Gasteiger partial charge on any atom is -0.289 e. The number of carbonyl (C=O) groups excluding carboxylic acids is 1. The Kier molecular flexibility index (Phi) is 7.15. The highest BCUT2D eigenvalue weighted by molar-refractivity contribution is 7.89. The molecule has 0 aromatic heterocycles. The second-order valence-electron chi connectivity index (χ2n) is 7.02. The van der Waals surface area contributed by atoms with Crippen LogP contribution in [0.15, 0.2) is 71.6 Å². The van der Waals surface area contributed by atoms with Gasteiger partial charge in [-0.15, -0.1) is 0 Å². The van der Waals surface area contributed by atoms with Crippen molar-refractivity contribution in [2.24, 2.45) is 0 Å². The van der Waals surface area contributed by atoms with Gasteiger partial charge in [-0.2, -0.15) is 0 Å². The van der Waals surface area contributed by atoms with Gasteiger partial charge < -0.3 is 0 Å². The van der Waals surface area contributed by atoms with E-state index in [0.717, 1.165) is 28.5 Å². The van der Waals surface area contributed by atoms with Crippen molar-refractivity contribution in [3.8, 4) is 0 Å². The molecule has 0 bridgehead atoms. The minimum absolute atomic E-state index is 0.0191. The minimum atomic E-state index is -3.87. The molecule has 0 saturated carbocycles. The van der Waals surface area contributed by atoms with Gasteiger partial charge in [0.1, 0.15) is 5.82 Å². The smallest absolute Gasteiger partial charge is 0.243 e. The van der Waals surface area contributed by atoms with Crippen LogP contribution < -0.4 is 10.2 Å². The van der Waals surface area contributed by atoms with Crippen LogP contribution in [-0.2, 0) is 14.8 Å². The molecule has 0 aliphatic carbocycles. The largest absolute Gasteiger partial charge is 0.289 e. The molecule has 3 N–H and O–H groups in total. The van der Waals surface area contributed by atoms with Crippen LogP contribution in [0.25, 0.3) is 10.8 Å². The molecule has 1 atom stereocenters. The van der Waals surface area contributed by atoms with Crippen LogP contribution >= 0.6 is 0 Å². The van der Waals surface area contributed by atoms with E-state index < -0.39 is 27.8 Å². The standard InChI is InChI=1S/C22H23FN2O4S/c23-19-11-13-20(14-12-19)30(28,29)25-21(7-3-4-8-22(26)24-27)18-10-9-16-5-1-2-6-17(16)15-18/h1-2,5-6,9-15,21,25,27H,3-4,7-8H2,(H,24,26). The molecule has 0 fully saturated rings. The Hall–Kier alpha value is -2.81. The molecule has 30 heavy (non-hydrogen) atoms. The third-order valence-electron chi connectivity index (χ3n) is 4.87. The Labute approximate surface area is 174 Å². The summed E-state index contributed by atoms with van der Waals surface area (Å²) in [6.45, 7) is 0. The molecule has 158 valence electrons. The lowest BCUT2D eigenvalue weighted by molar-refractivity contribution is -0.129. The lowest BCUT2D eigenvalue weighted by Crippen LogP contribution is -2.29. The maximum absolute atomic E-state index is 13.2. The summed E-state index contributed by atoms with van der Waals surface area (Å²) in [5.74, 6) is -0.994. The van der Waals surface area contributed by atoms with E-state index in [2.05, 4.69) is 4.72 Å². The van der Waals surface area contributed by atoms with Gasteiger partial charge in [-0.25, -0.2) is 23.0 Å². The normalized spacial score (nSPS) is 12.6. The average molecular weight is 431 g/mol. The predicted octanol–water partition coefficient (Wildman–Crippen LogP) is 4.06. The number of unbranched alkanes of at least 4 members (excludes halogenated alkanes) is 1. The van der Waals surface area contributed by atoms with Crippen LogP contribution in [0.1, 0.15) is 37.3 Å². The molecule has 0 heterocycles. The zero-order chi connectivity index (χ0) is 21.6. The lowest BCUT2D eigenvalue weighted by atomic mass is 9.98. The first-order valence-corrected chi connectivity index (χ1v) is 11.1. The average Bonchev–Trinajstić information content (AvgIpc) is 2.75. The van der Waals surface area contributed by atoms with E-state index in [9.17, 15) is 17.6 Å². The first kappa shape index (κ1) is 21.9. The van der Waals surface area contributed by atoms with Crippen molar-refractivity contribution in [2.45, 2.75) is 36.6 Å².